The van der Waals surface area contributed by atoms with E-state index in [0.29, 0.717) is 22.5 Å². The summed E-state index contributed by atoms with van der Waals surface area (Å²) < 4.78 is 0. The molecule has 2 N–H and O–H groups in total. The number of amides is 2. The number of hydrogen-bond acceptors (Lipinski definition) is 8. The van der Waals surface area contributed by atoms with Gasteiger partial charge in [-0.2, -0.15) is 0 Å². The van der Waals surface area contributed by atoms with E-state index in [9.17, 15) is 9.59 Å². The number of aromatic nitrogens is 2. The lowest BCUT2D eigenvalue weighted by Gasteiger charge is -2.32. The van der Waals surface area contributed by atoms with E-state index in [4.69, 9.17) is 0 Å². The summed E-state index contributed by atoms with van der Waals surface area (Å²) in [6, 6.07) is 19.0. The van der Waals surface area contributed by atoms with Crippen LogP contribution in [0.1, 0.15) is 24.1 Å². The highest BCUT2D eigenvalue weighted by Crippen LogP contribution is 2.28. The van der Waals surface area contributed by atoms with Gasteiger partial charge in [0.25, 0.3) is 11.1 Å². The summed E-state index contributed by atoms with van der Waals surface area (Å²) in [6.07, 6.45) is 5.46. The van der Waals surface area contributed by atoms with Gasteiger partial charge < -0.3 is 15.1 Å². The van der Waals surface area contributed by atoms with Crippen LogP contribution in [0.2, 0.25) is 0 Å². The first-order valence-electron chi connectivity index (χ1n) is 12.9. The third kappa shape index (κ3) is 6.23. The molecule has 2 amide bonds. The van der Waals surface area contributed by atoms with Gasteiger partial charge in [-0.15, -0.1) is 0 Å². The van der Waals surface area contributed by atoms with Crippen LogP contribution >= 0.6 is 11.8 Å². The van der Waals surface area contributed by atoms with Gasteiger partial charge in [-0.3, -0.25) is 14.9 Å². The third-order valence-electron chi connectivity index (χ3n) is 6.92. The molecule has 2 saturated heterocycles. The molecule has 0 atom stereocenters. The maximum atomic E-state index is 11.8. The molecule has 38 heavy (non-hydrogen) atoms. The SMILES string of the molecule is CN(C)c1cccc(-c2ccccc2CNCC2CCN(c3nccc(/C=C4\SC(=O)NC4=O)n3)CC2)c1. The number of carbonyl (C=O) groups excluding carboxylic acids is 2. The van der Waals surface area contributed by atoms with Crippen molar-refractivity contribution < 1.29 is 9.59 Å². The van der Waals surface area contributed by atoms with Crippen LogP contribution in [0.25, 0.3) is 17.2 Å². The molecular weight excluding hydrogens is 496 g/mol. The van der Waals surface area contributed by atoms with Crippen LogP contribution in [0.4, 0.5) is 16.4 Å². The molecule has 2 fully saturated rings. The number of imide groups is 1. The van der Waals surface area contributed by atoms with E-state index in [1.54, 1.807) is 18.3 Å². The summed E-state index contributed by atoms with van der Waals surface area (Å²) in [5.74, 6) is 0.873. The fourth-order valence-electron chi connectivity index (χ4n) is 4.81. The predicted octanol–water partition coefficient (Wildman–Crippen LogP) is 4.54. The van der Waals surface area contributed by atoms with Gasteiger partial charge >= 0.3 is 0 Å². The lowest BCUT2D eigenvalue weighted by molar-refractivity contribution is -0.115. The minimum absolute atomic E-state index is 0.353. The highest BCUT2D eigenvalue weighted by atomic mass is 32.2. The van der Waals surface area contributed by atoms with E-state index in [1.807, 2.05) is 0 Å². The number of nitrogens with zero attached hydrogens (tertiary/aromatic N) is 4. The van der Waals surface area contributed by atoms with Crippen molar-refractivity contribution in [2.24, 2.45) is 5.92 Å². The zero-order chi connectivity index (χ0) is 26.5. The number of carbonyl (C=O) groups is 2. The monoisotopic (exact) mass is 528 g/mol. The number of rotatable bonds is 8. The number of anilines is 2. The smallest absolute Gasteiger partial charge is 0.290 e. The van der Waals surface area contributed by atoms with Crippen molar-refractivity contribution in [3.05, 3.63) is 77.0 Å². The van der Waals surface area contributed by atoms with E-state index < -0.39 is 0 Å². The Bertz CT molecular complexity index is 1350. The van der Waals surface area contributed by atoms with Crippen molar-refractivity contribution in [2.45, 2.75) is 19.4 Å². The largest absolute Gasteiger partial charge is 0.378 e. The number of hydrogen-bond donors (Lipinski definition) is 2. The van der Waals surface area contributed by atoms with Crippen LogP contribution < -0.4 is 20.4 Å². The predicted molar refractivity (Wildman–Crippen MR) is 154 cm³/mol. The van der Waals surface area contributed by atoms with Crippen LogP contribution in [0.5, 0.6) is 0 Å². The average molecular weight is 529 g/mol. The van der Waals surface area contributed by atoms with Gasteiger partial charge in [-0.25, -0.2) is 9.97 Å². The van der Waals surface area contributed by atoms with Crippen LogP contribution in [-0.4, -0.2) is 54.8 Å². The summed E-state index contributed by atoms with van der Waals surface area (Å²) in [6.45, 7) is 3.56. The van der Waals surface area contributed by atoms with Crippen LogP contribution in [0.3, 0.4) is 0 Å². The van der Waals surface area contributed by atoms with Crippen LogP contribution in [0.15, 0.2) is 65.7 Å². The number of benzene rings is 2. The second kappa shape index (κ2) is 11.8. The van der Waals surface area contributed by atoms with Gasteiger partial charge in [0.15, 0.2) is 0 Å². The molecule has 9 heteroatoms. The topological polar surface area (TPSA) is 90.5 Å². The van der Waals surface area contributed by atoms with Crippen molar-refractivity contribution in [3.63, 3.8) is 0 Å². The van der Waals surface area contributed by atoms with Crippen molar-refractivity contribution >= 4 is 40.6 Å². The summed E-state index contributed by atoms with van der Waals surface area (Å²) in [7, 11) is 4.13. The van der Waals surface area contributed by atoms with Gasteiger partial charge in [0.2, 0.25) is 5.95 Å². The molecule has 0 bridgehead atoms. The second-order valence-corrected chi connectivity index (χ2v) is 10.8. The standard InChI is InChI=1S/C29H32N6O2S/c1-34(2)24-8-5-7-21(16-24)25-9-4-3-6-22(25)19-30-18-20-11-14-35(15-12-20)28-31-13-10-23(32-28)17-26-27(36)33-29(37)38-26/h3-10,13,16-17,20,30H,11-12,14-15,18-19H2,1-2H3,(H,33,36,37)/b26-17-. The Hall–Kier alpha value is -3.69. The summed E-state index contributed by atoms with van der Waals surface area (Å²) in [5.41, 5.74) is 5.63. The summed E-state index contributed by atoms with van der Waals surface area (Å²) >= 11 is 0.896. The molecule has 0 radical (unpaired) electrons. The molecule has 0 saturated carbocycles. The van der Waals surface area contributed by atoms with E-state index in [-0.39, 0.29) is 11.1 Å². The fraction of sp³-hybridized carbons (Fsp3) is 0.310. The first-order valence-corrected chi connectivity index (χ1v) is 13.7. The molecule has 3 heterocycles. The van der Waals surface area contributed by atoms with Gasteiger partial charge in [-0.05, 0) is 78.0 Å². The van der Waals surface area contributed by atoms with Crippen LogP contribution in [0, 0.1) is 5.92 Å². The van der Waals surface area contributed by atoms with Crippen molar-refractivity contribution in [1.82, 2.24) is 20.6 Å². The second-order valence-electron chi connectivity index (χ2n) is 9.80. The van der Waals surface area contributed by atoms with E-state index in [0.717, 1.165) is 50.8 Å². The van der Waals surface area contributed by atoms with Crippen molar-refractivity contribution in [1.29, 1.82) is 0 Å². The lowest BCUT2D eigenvalue weighted by atomic mass is 9.96. The van der Waals surface area contributed by atoms with Crippen molar-refractivity contribution in [2.75, 3.05) is 43.5 Å². The number of piperidine rings is 1. The van der Waals surface area contributed by atoms with Crippen molar-refractivity contribution in [3.8, 4) is 11.1 Å². The van der Waals surface area contributed by atoms with Gasteiger partial charge in [0.05, 0.1) is 10.6 Å². The van der Waals surface area contributed by atoms with Crippen LogP contribution in [-0.2, 0) is 11.3 Å². The van der Waals surface area contributed by atoms with Gasteiger partial charge in [0, 0.05) is 45.6 Å². The Kier molecular flexibility index (Phi) is 8.05. The molecule has 8 nitrogen and oxygen atoms in total. The molecule has 3 aromatic rings. The van der Waals surface area contributed by atoms with Gasteiger partial charge in [-0.1, -0.05) is 36.4 Å². The van der Waals surface area contributed by atoms with E-state index in [2.05, 4.69) is 93.0 Å². The Labute approximate surface area is 227 Å². The van der Waals surface area contributed by atoms with E-state index in [1.165, 1.54) is 22.4 Å². The molecule has 2 aromatic carbocycles. The fourth-order valence-corrected chi connectivity index (χ4v) is 5.47. The average Bonchev–Trinajstić information content (AvgIpc) is 3.25. The molecule has 2 aliphatic rings. The molecule has 5 rings (SSSR count). The maximum Gasteiger partial charge on any atom is 0.290 e. The Morgan fingerprint density at radius 2 is 1.92 bits per heavy atom. The zero-order valence-corrected chi connectivity index (χ0v) is 22.5. The molecule has 0 spiro atoms. The number of thioether (sulfide) groups is 1. The Morgan fingerprint density at radius 3 is 2.68 bits per heavy atom. The first-order chi connectivity index (χ1) is 18.5. The normalized spacial score (nSPS) is 17.2. The summed E-state index contributed by atoms with van der Waals surface area (Å²) in [5, 5.41) is 5.61. The number of nitrogens with one attached hydrogen (secondary N) is 2. The molecule has 1 aromatic heterocycles. The molecule has 0 aliphatic carbocycles. The quantitative estimate of drug-likeness (QED) is 0.412. The third-order valence-corrected chi connectivity index (χ3v) is 7.73. The van der Waals surface area contributed by atoms with Gasteiger partial charge in [0.1, 0.15) is 0 Å². The molecular formula is C29H32N6O2S. The minimum atomic E-state index is -0.377. The Morgan fingerprint density at radius 1 is 1.11 bits per heavy atom. The first kappa shape index (κ1) is 25.9. The molecule has 0 unspecified atom stereocenters. The zero-order valence-electron chi connectivity index (χ0n) is 21.7. The molecule has 196 valence electrons. The molecule has 2 aliphatic heterocycles. The maximum absolute atomic E-state index is 11.8. The summed E-state index contributed by atoms with van der Waals surface area (Å²) in [4.78, 5) is 37.0. The lowest BCUT2D eigenvalue weighted by Crippen LogP contribution is -2.38. The Balaban J connectivity index is 1.15. The highest BCUT2D eigenvalue weighted by molar-refractivity contribution is 8.18. The van der Waals surface area contributed by atoms with E-state index >= 15 is 0 Å². The minimum Gasteiger partial charge on any atom is -0.378 e. The highest BCUT2D eigenvalue weighted by Gasteiger charge is 2.26.